The van der Waals surface area contributed by atoms with Crippen LogP contribution in [0.2, 0.25) is 0 Å². The van der Waals surface area contributed by atoms with Crippen LogP contribution in [0.5, 0.6) is 0 Å². The molecule has 1 atom stereocenters. The molecule has 2 heterocycles. The van der Waals surface area contributed by atoms with Crippen molar-refractivity contribution in [3.8, 4) is 0 Å². The highest BCUT2D eigenvalue weighted by atomic mass is 15.1. The average molecular weight is 219 g/mol. The molecule has 0 spiro atoms. The van der Waals surface area contributed by atoms with Crippen LogP contribution in [0, 0.1) is 5.92 Å². The molecule has 1 aromatic heterocycles. The second kappa shape index (κ2) is 5.97. The van der Waals surface area contributed by atoms with E-state index in [1.165, 1.54) is 25.2 Å². The first-order valence-electron chi connectivity index (χ1n) is 6.17. The second-order valence-corrected chi connectivity index (χ2v) is 4.72. The van der Waals surface area contributed by atoms with Gasteiger partial charge in [-0.1, -0.05) is 13.0 Å². The summed E-state index contributed by atoms with van der Waals surface area (Å²) in [7, 11) is 0. The van der Waals surface area contributed by atoms with Gasteiger partial charge in [-0.05, 0) is 44.1 Å². The van der Waals surface area contributed by atoms with Crippen molar-refractivity contribution < 1.29 is 0 Å². The minimum atomic E-state index is 0.726. The van der Waals surface area contributed by atoms with E-state index in [2.05, 4.69) is 34.3 Å². The van der Waals surface area contributed by atoms with E-state index in [9.17, 15) is 0 Å². The van der Waals surface area contributed by atoms with E-state index in [4.69, 9.17) is 0 Å². The summed E-state index contributed by atoms with van der Waals surface area (Å²) in [5.74, 6) is 0.726. The first kappa shape index (κ1) is 11.6. The van der Waals surface area contributed by atoms with E-state index in [0.717, 1.165) is 25.6 Å². The number of nitrogens with zero attached hydrogens (tertiary/aromatic N) is 2. The van der Waals surface area contributed by atoms with Gasteiger partial charge in [-0.15, -0.1) is 0 Å². The van der Waals surface area contributed by atoms with Crippen LogP contribution in [-0.2, 0) is 6.54 Å². The minimum Gasteiger partial charge on any atom is -0.316 e. The molecular formula is C13H21N3. The molecular weight excluding hydrogens is 198 g/mol. The van der Waals surface area contributed by atoms with E-state index in [-0.39, 0.29) is 0 Å². The normalized spacial score (nSPS) is 23.7. The molecule has 3 heteroatoms. The Kier molecular flexibility index (Phi) is 4.31. The molecule has 16 heavy (non-hydrogen) atoms. The van der Waals surface area contributed by atoms with E-state index in [0.29, 0.717) is 0 Å². The molecule has 1 unspecified atom stereocenters. The highest BCUT2D eigenvalue weighted by molar-refractivity contribution is 5.03. The number of pyridine rings is 1. The molecule has 0 aromatic carbocycles. The van der Waals surface area contributed by atoms with Crippen molar-refractivity contribution in [2.75, 3.05) is 26.2 Å². The van der Waals surface area contributed by atoms with Gasteiger partial charge >= 0.3 is 0 Å². The van der Waals surface area contributed by atoms with Crippen LogP contribution in [-0.4, -0.2) is 36.1 Å². The van der Waals surface area contributed by atoms with Gasteiger partial charge in [-0.25, -0.2) is 0 Å². The van der Waals surface area contributed by atoms with Gasteiger partial charge in [0.25, 0.3) is 0 Å². The van der Waals surface area contributed by atoms with Crippen LogP contribution in [0.15, 0.2) is 24.4 Å². The zero-order valence-electron chi connectivity index (χ0n) is 10.0. The third kappa shape index (κ3) is 3.58. The minimum absolute atomic E-state index is 0.726. The molecule has 0 aliphatic carbocycles. The lowest BCUT2D eigenvalue weighted by atomic mass is 10.1. The third-order valence-corrected chi connectivity index (χ3v) is 3.00. The van der Waals surface area contributed by atoms with Crippen LogP contribution < -0.4 is 5.32 Å². The number of rotatable bonds is 2. The summed E-state index contributed by atoms with van der Waals surface area (Å²) in [4.78, 5) is 6.92. The van der Waals surface area contributed by atoms with Crippen molar-refractivity contribution in [1.29, 1.82) is 0 Å². The quantitative estimate of drug-likeness (QED) is 0.817. The smallest absolute Gasteiger partial charge is 0.0543 e. The average Bonchev–Trinajstić information content (AvgIpc) is 2.27. The fourth-order valence-corrected chi connectivity index (χ4v) is 2.24. The molecule has 1 fully saturated rings. The van der Waals surface area contributed by atoms with Crippen molar-refractivity contribution in [2.45, 2.75) is 19.9 Å². The number of nitrogens with one attached hydrogen (secondary N) is 1. The van der Waals surface area contributed by atoms with Crippen LogP contribution in [0.1, 0.15) is 19.0 Å². The lowest BCUT2D eigenvalue weighted by Crippen LogP contribution is -2.38. The van der Waals surface area contributed by atoms with Gasteiger partial charge < -0.3 is 5.32 Å². The fraction of sp³-hybridized carbons (Fsp3) is 0.615. The Balaban J connectivity index is 1.91. The molecule has 0 radical (unpaired) electrons. The second-order valence-electron chi connectivity index (χ2n) is 4.72. The van der Waals surface area contributed by atoms with Crippen molar-refractivity contribution in [3.05, 3.63) is 30.1 Å². The maximum atomic E-state index is 4.39. The largest absolute Gasteiger partial charge is 0.316 e. The summed E-state index contributed by atoms with van der Waals surface area (Å²) in [5, 5.41) is 3.48. The van der Waals surface area contributed by atoms with Crippen molar-refractivity contribution in [3.63, 3.8) is 0 Å². The van der Waals surface area contributed by atoms with Crippen LogP contribution >= 0.6 is 0 Å². The molecule has 1 aromatic rings. The van der Waals surface area contributed by atoms with Crippen molar-refractivity contribution in [2.24, 2.45) is 5.92 Å². The summed E-state index contributed by atoms with van der Waals surface area (Å²) >= 11 is 0. The first-order valence-corrected chi connectivity index (χ1v) is 6.17. The van der Waals surface area contributed by atoms with Crippen molar-refractivity contribution in [1.82, 2.24) is 15.2 Å². The summed E-state index contributed by atoms with van der Waals surface area (Å²) in [5.41, 5.74) is 1.18. The van der Waals surface area contributed by atoms with Gasteiger partial charge in [0.05, 0.1) is 5.69 Å². The Morgan fingerprint density at radius 3 is 3.25 bits per heavy atom. The zero-order valence-corrected chi connectivity index (χ0v) is 10.0. The maximum Gasteiger partial charge on any atom is 0.0543 e. The molecule has 1 saturated heterocycles. The van der Waals surface area contributed by atoms with Gasteiger partial charge in [-0.2, -0.15) is 0 Å². The van der Waals surface area contributed by atoms with Crippen LogP contribution in [0.4, 0.5) is 0 Å². The number of aromatic nitrogens is 1. The third-order valence-electron chi connectivity index (χ3n) is 3.00. The molecule has 3 nitrogen and oxygen atoms in total. The Labute approximate surface area is 97.9 Å². The van der Waals surface area contributed by atoms with E-state index in [1.807, 2.05) is 12.3 Å². The fourth-order valence-electron chi connectivity index (χ4n) is 2.24. The highest BCUT2D eigenvalue weighted by Gasteiger charge is 2.13. The monoisotopic (exact) mass is 219 g/mol. The van der Waals surface area contributed by atoms with Gasteiger partial charge in [-0.3, -0.25) is 9.88 Å². The standard InChI is InChI=1S/C13H21N3/c1-12-9-14-6-4-8-16(10-12)11-13-5-2-3-7-15-13/h2-3,5,7,12,14H,4,6,8-11H2,1H3. The van der Waals surface area contributed by atoms with Gasteiger partial charge in [0.15, 0.2) is 0 Å². The van der Waals surface area contributed by atoms with E-state index < -0.39 is 0 Å². The molecule has 0 bridgehead atoms. The number of hydrogen-bond acceptors (Lipinski definition) is 3. The Morgan fingerprint density at radius 2 is 2.44 bits per heavy atom. The SMILES string of the molecule is CC1CNCCCN(Cc2ccccn2)C1. The van der Waals surface area contributed by atoms with Crippen molar-refractivity contribution >= 4 is 0 Å². The highest BCUT2D eigenvalue weighted by Crippen LogP contribution is 2.07. The van der Waals surface area contributed by atoms with Crippen LogP contribution in [0.3, 0.4) is 0 Å². The molecule has 1 N–H and O–H groups in total. The number of hydrogen-bond donors (Lipinski definition) is 1. The van der Waals surface area contributed by atoms with Gasteiger partial charge in [0.2, 0.25) is 0 Å². The summed E-state index contributed by atoms with van der Waals surface area (Å²) in [6.45, 7) is 7.92. The zero-order chi connectivity index (χ0) is 11.2. The lowest BCUT2D eigenvalue weighted by molar-refractivity contribution is 0.207. The molecule has 1 aliphatic rings. The van der Waals surface area contributed by atoms with Crippen LogP contribution in [0.25, 0.3) is 0 Å². The maximum absolute atomic E-state index is 4.39. The summed E-state index contributed by atoms with van der Waals surface area (Å²) in [6, 6.07) is 6.16. The molecule has 1 aliphatic heterocycles. The predicted octanol–water partition coefficient (Wildman–Crippen LogP) is 1.51. The topological polar surface area (TPSA) is 28.2 Å². The molecule has 88 valence electrons. The predicted molar refractivity (Wildman–Crippen MR) is 66.2 cm³/mol. The first-order chi connectivity index (χ1) is 7.84. The molecule has 2 rings (SSSR count). The Hall–Kier alpha value is -0.930. The summed E-state index contributed by atoms with van der Waals surface area (Å²) < 4.78 is 0. The Morgan fingerprint density at radius 1 is 1.50 bits per heavy atom. The molecule has 0 amide bonds. The van der Waals surface area contributed by atoms with E-state index in [1.54, 1.807) is 0 Å². The molecule has 0 saturated carbocycles. The van der Waals surface area contributed by atoms with E-state index >= 15 is 0 Å². The summed E-state index contributed by atoms with van der Waals surface area (Å²) in [6.07, 6.45) is 3.11. The lowest BCUT2D eigenvalue weighted by Gasteiger charge is -2.28. The van der Waals surface area contributed by atoms with Gasteiger partial charge in [0.1, 0.15) is 0 Å². The van der Waals surface area contributed by atoms with Gasteiger partial charge in [0, 0.05) is 19.3 Å². The Bertz CT molecular complexity index is 299.